The molecule has 2 N–H and O–H groups in total. The highest BCUT2D eigenvalue weighted by Crippen LogP contribution is 2.33. The minimum absolute atomic E-state index is 0.0180. The van der Waals surface area contributed by atoms with Crippen molar-refractivity contribution in [3.8, 4) is 11.3 Å². The molecule has 1 fully saturated rings. The Balaban J connectivity index is 1.41. The van der Waals surface area contributed by atoms with Gasteiger partial charge in [0.2, 0.25) is 16.0 Å². The number of hydrogen-bond acceptors (Lipinski definition) is 6. The molecule has 218 valence electrons. The lowest BCUT2D eigenvalue weighted by atomic mass is 9.91. The van der Waals surface area contributed by atoms with Gasteiger partial charge in [-0.2, -0.15) is 4.98 Å². The van der Waals surface area contributed by atoms with Gasteiger partial charge in [0.15, 0.2) is 0 Å². The lowest BCUT2D eigenvalue weighted by Crippen LogP contribution is -2.36. The van der Waals surface area contributed by atoms with E-state index in [0.717, 1.165) is 42.4 Å². The highest BCUT2D eigenvalue weighted by molar-refractivity contribution is 7.91. The maximum atomic E-state index is 14.8. The number of sulfonamides is 1. The predicted molar refractivity (Wildman–Crippen MR) is 159 cm³/mol. The van der Waals surface area contributed by atoms with E-state index in [0.29, 0.717) is 29.2 Å². The summed E-state index contributed by atoms with van der Waals surface area (Å²) in [6, 6.07) is 12.4. The van der Waals surface area contributed by atoms with Gasteiger partial charge >= 0.3 is 0 Å². The topological polar surface area (TPSA) is 92.1 Å². The van der Waals surface area contributed by atoms with Crippen LogP contribution in [0.15, 0.2) is 54.7 Å². The van der Waals surface area contributed by atoms with Crippen LogP contribution >= 0.6 is 0 Å². The number of halogens is 2. The van der Waals surface area contributed by atoms with Crippen LogP contribution in [0.2, 0.25) is 0 Å². The third-order valence-corrected chi connectivity index (χ3v) is 8.89. The first kappa shape index (κ1) is 28.9. The molecule has 11 heteroatoms. The summed E-state index contributed by atoms with van der Waals surface area (Å²) < 4.78 is 58.1. The Morgan fingerprint density at radius 1 is 1.02 bits per heavy atom. The number of nitrogens with zero attached hydrogens (tertiary/aromatic N) is 4. The maximum Gasteiger partial charge on any atom is 0.237 e. The van der Waals surface area contributed by atoms with Gasteiger partial charge in [-0.3, -0.25) is 4.72 Å². The van der Waals surface area contributed by atoms with Crippen LogP contribution < -0.4 is 10.0 Å². The monoisotopic (exact) mass is 582 g/mol. The van der Waals surface area contributed by atoms with E-state index >= 15 is 0 Å². The van der Waals surface area contributed by atoms with Gasteiger partial charge in [-0.05, 0) is 95.6 Å². The van der Waals surface area contributed by atoms with Crippen molar-refractivity contribution in [2.24, 2.45) is 0 Å². The predicted octanol–water partition coefficient (Wildman–Crippen LogP) is 6.18. The summed E-state index contributed by atoms with van der Waals surface area (Å²) in [5.41, 5.74) is 2.38. The van der Waals surface area contributed by atoms with Crippen molar-refractivity contribution < 1.29 is 17.2 Å². The Bertz CT molecular complexity index is 1630. The Hall–Kier alpha value is -3.57. The summed E-state index contributed by atoms with van der Waals surface area (Å²) in [5.74, 6) is -0.992. The molecule has 2 aromatic heterocycles. The van der Waals surface area contributed by atoms with Gasteiger partial charge < -0.3 is 14.8 Å². The molecule has 1 aliphatic rings. The molecule has 0 spiro atoms. The average Bonchev–Trinajstić information content (AvgIpc) is 3.30. The fraction of sp³-hybridized carbons (Fsp3) is 0.400. The molecule has 5 rings (SSSR count). The normalized spacial score (nSPS) is 17.9. The summed E-state index contributed by atoms with van der Waals surface area (Å²) >= 11 is 0. The number of nitrogens with one attached hydrogen (secondary N) is 2. The van der Waals surface area contributed by atoms with Crippen molar-refractivity contribution in [1.82, 2.24) is 19.4 Å². The Morgan fingerprint density at radius 3 is 2.39 bits per heavy atom. The molecular formula is C30H36F2N6O2S. The van der Waals surface area contributed by atoms with Crippen LogP contribution in [-0.4, -0.2) is 54.0 Å². The molecule has 0 saturated heterocycles. The third-order valence-electron chi connectivity index (χ3n) is 7.65. The van der Waals surface area contributed by atoms with E-state index in [4.69, 9.17) is 4.98 Å². The number of fused-ring (bicyclic) bond motifs is 1. The molecule has 1 saturated carbocycles. The smallest absolute Gasteiger partial charge is 0.237 e. The molecular weight excluding hydrogens is 546 g/mol. The number of aromatic nitrogens is 3. The fourth-order valence-corrected chi connectivity index (χ4v) is 6.70. The SMILES string of the molecule is CC(C)n1c(-c2ccc(F)c(NS(=O)(=O)Cc3ccc(F)cc3)c2)cc2cnc(NC3CCC(N(C)C)CC3)nc21. The van der Waals surface area contributed by atoms with Gasteiger partial charge in [-0.1, -0.05) is 12.1 Å². The largest absolute Gasteiger partial charge is 0.351 e. The van der Waals surface area contributed by atoms with Gasteiger partial charge in [-0.25, -0.2) is 22.2 Å². The Morgan fingerprint density at radius 2 is 1.73 bits per heavy atom. The van der Waals surface area contributed by atoms with Crippen molar-refractivity contribution >= 4 is 32.7 Å². The molecule has 4 aromatic rings. The minimum atomic E-state index is -3.95. The number of anilines is 2. The zero-order chi connectivity index (χ0) is 29.3. The average molecular weight is 583 g/mol. The second-order valence-electron chi connectivity index (χ2n) is 11.3. The quantitative estimate of drug-likeness (QED) is 0.245. The standard InChI is InChI=1S/C30H36F2N6O2S/c1-19(2)38-28(16-22-17-33-30(35-29(22)38)34-24-10-12-25(13-11-24)37(3)4)21-7-14-26(32)27(15-21)36-41(39,40)18-20-5-8-23(31)9-6-20/h5-9,14-17,19,24-25,36H,10-13,18H2,1-4H3,(H,33,34,35). The van der Waals surface area contributed by atoms with Crippen LogP contribution in [0.5, 0.6) is 0 Å². The summed E-state index contributed by atoms with van der Waals surface area (Å²) in [4.78, 5) is 11.7. The fourth-order valence-electron chi connectivity index (χ4n) is 5.51. The maximum absolute atomic E-state index is 14.8. The van der Waals surface area contributed by atoms with E-state index in [1.807, 2.05) is 19.9 Å². The van der Waals surface area contributed by atoms with E-state index in [2.05, 4.69) is 38.6 Å². The highest BCUT2D eigenvalue weighted by Gasteiger charge is 2.24. The van der Waals surface area contributed by atoms with Crippen LogP contribution in [0, 0.1) is 11.6 Å². The van der Waals surface area contributed by atoms with Gasteiger partial charge in [0.05, 0.1) is 17.1 Å². The molecule has 2 aromatic carbocycles. The van der Waals surface area contributed by atoms with Crippen molar-refractivity contribution in [1.29, 1.82) is 0 Å². The molecule has 8 nitrogen and oxygen atoms in total. The summed E-state index contributed by atoms with van der Waals surface area (Å²) in [7, 11) is 0.297. The molecule has 0 atom stereocenters. The van der Waals surface area contributed by atoms with Crippen LogP contribution in [0.25, 0.3) is 22.3 Å². The first-order valence-corrected chi connectivity index (χ1v) is 15.5. The second-order valence-corrected chi connectivity index (χ2v) is 13.0. The first-order chi connectivity index (χ1) is 19.5. The minimum Gasteiger partial charge on any atom is -0.351 e. The van der Waals surface area contributed by atoms with E-state index in [-0.39, 0.29) is 11.7 Å². The van der Waals surface area contributed by atoms with Crippen LogP contribution in [0.3, 0.4) is 0 Å². The van der Waals surface area contributed by atoms with E-state index in [1.165, 1.54) is 36.4 Å². The number of rotatable bonds is 9. The molecule has 2 heterocycles. The molecule has 0 unspecified atom stereocenters. The van der Waals surface area contributed by atoms with Gasteiger partial charge in [0.25, 0.3) is 0 Å². The van der Waals surface area contributed by atoms with Crippen molar-refractivity contribution in [3.05, 3.63) is 71.9 Å². The van der Waals surface area contributed by atoms with Crippen molar-refractivity contribution in [3.63, 3.8) is 0 Å². The van der Waals surface area contributed by atoms with Crippen molar-refractivity contribution in [2.45, 2.75) is 63.4 Å². The van der Waals surface area contributed by atoms with E-state index in [9.17, 15) is 17.2 Å². The zero-order valence-corrected chi connectivity index (χ0v) is 24.5. The summed E-state index contributed by atoms with van der Waals surface area (Å²) in [6.45, 7) is 4.08. The Kier molecular flexibility index (Phi) is 8.28. The molecule has 1 aliphatic carbocycles. The van der Waals surface area contributed by atoms with Crippen molar-refractivity contribution in [2.75, 3.05) is 24.1 Å². The highest BCUT2D eigenvalue weighted by atomic mass is 32.2. The van der Waals surface area contributed by atoms with E-state index in [1.54, 1.807) is 12.3 Å². The molecule has 0 aliphatic heterocycles. The summed E-state index contributed by atoms with van der Waals surface area (Å²) in [5, 5.41) is 4.34. The van der Waals surface area contributed by atoms with E-state index < -0.39 is 27.4 Å². The molecule has 41 heavy (non-hydrogen) atoms. The number of benzene rings is 2. The first-order valence-electron chi connectivity index (χ1n) is 13.8. The Labute approximate surface area is 239 Å². The lowest BCUT2D eigenvalue weighted by molar-refractivity contribution is 0.221. The molecule has 0 bridgehead atoms. The summed E-state index contributed by atoms with van der Waals surface area (Å²) in [6.07, 6.45) is 6.14. The molecule has 0 amide bonds. The van der Waals surface area contributed by atoms with Gasteiger partial charge in [0.1, 0.15) is 17.3 Å². The van der Waals surface area contributed by atoms with Crippen LogP contribution in [-0.2, 0) is 15.8 Å². The second kappa shape index (κ2) is 11.7. The van der Waals surface area contributed by atoms with Crippen LogP contribution in [0.1, 0.15) is 51.1 Å². The molecule has 0 radical (unpaired) electrons. The van der Waals surface area contributed by atoms with Gasteiger partial charge in [0, 0.05) is 35.3 Å². The third kappa shape index (κ3) is 6.68. The lowest BCUT2D eigenvalue weighted by Gasteiger charge is -2.32. The van der Waals surface area contributed by atoms with Gasteiger partial charge in [-0.15, -0.1) is 0 Å². The zero-order valence-electron chi connectivity index (χ0n) is 23.7. The van der Waals surface area contributed by atoms with Crippen LogP contribution in [0.4, 0.5) is 20.4 Å². The number of hydrogen-bond donors (Lipinski definition) is 2.